The Bertz CT molecular complexity index is 781. The zero-order valence-electron chi connectivity index (χ0n) is 14.4. The summed E-state index contributed by atoms with van der Waals surface area (Å²) >= 11 is 12.0. The highest BCUT2D eigenvalue weighted by Gasteiger charge is 2.09. The number of hydrogen-bond acceptors (Lipinski definition) is 4. The Kier molecular flexibility index (Phi) is 7.75. The molecule has 0 aromatic heterocycles. The summed E-state index contributed by atoms with van der Waals surface area (Å²) in [5.41, 5.74) is 2.05. The Morgan fingerprint density at radius 3 is 2.62 bits per heavy atom. The molecular weight excluding hydrogens is 375 g/mol. The van der Waals surface area contributed by atoms with Gasteiger partial charge in [-0.15, -0.1) is 0 Å². The van der Waals surface area contributed by atoms with Crippen LogP contribution in [0.15, 0.2) is 42.5 Å². The number of hydrogen-bond donors (Lipinski definition) is 2. The van der Waals surface area contributed by atoms with Gasteiger partial charge in [0.15, 0.2) is 0 Å². The van der Waals surface area contributed by atoms with Crippen molar-refractivity contribution in [3.8, 4) is 0 Å². The summed E-state index contributed by atoms with van der Waals surface area (Å²) in [7, 11) is 1.32. The maximum Gasteiger partial charge on any atom is 0.337 e. The lowest BCUT2D eigenvalue weighted by molar-refractivity contribution is -0.120. The van der Waals surface area contributed by atoms with Crippen molar-refractivity contribution in [1.29, 1.82) is 0 Å². The molecule has 0 bridgehead atoms. The Morgan fingerprint density at radius 1 is 1.08 bits per heavy atom. The van der Waals surface area contributed by atoms with E-state index in [9.17, 15) is 9.59 Å². The maximum absolute atomic E-state index is 11.9. The Balaban J connectivity index is 1.75. The van der Waals surface area contributed by atoms with Crippen LogP contribution in [0.2, 0.25) is 10.0 Å². The average molecular weight is 395 g/mol. The predicted molar refractivity (Wildman–Crippen MR) is 104 cm³/mol. The molecule has 0 saturated carbocycles. The number of carbonyl (C=O) groups excluding carboxylic acids is 2. The van der Waals surface area contributed by atoms with Gasteiger partial charge in [0.25, 0.3) is 0 Å². The lowest BCUT2D eigenvalue weighted by Gasteiger charge is -2.10. The van der Waals surface area contributed by atoms with Crippen molar-refractivity contribution in [3.63, 3.8) is 0 Å². The first-order valence-corrected chi connectivity index (χ1v) is 8.88. The van der Waals surface area contributed by atoms with E-state index in [1.807, 2.05) is 24.3 Å². The predicted octanol–water partition coefficient (Wildman–Crippen LogP) is 3.94. The van der Waals surface area contributed by atoms with E-state index >= 15 is 0 Å². The van der Waals surface area contributed by atoms with Crippen molar-refractivity contribution in [2.45, 2.75) is 12.8 Å². The second-order valence-corrected chi connectivity index (χ2v) is 6.44. The zero-order valence-corrected chi connectivity index (χ0v) is 15.9. The first-order valence-electron chi connectivity index (χ1n) is 8.12. The van der Waals surface area contributed by atoms with E-state index in [2.05, 4.69) is 15.4 Å². The van der Waals surface area contributed by atoms with E-state index < -0.39 is 5.97 Å². The molecule has 0 atom stereocenters. The van der Waals surface area contributed by atoms with Crippen LogP contribution in [-0.4, -0.2) is 32.1 Å². The standard InChI is InChI=1S/C19H20Cl2N2O3/c1-26-19(25)14-5-6-16(21)17(12-14)22-10-8-18(24)23-9-7-13-3-2-4-15(20)11-13/h2-6,11-12,22H,7-10H2,1H3,(H,23,24). The SMILES string of the molecule is COC(=O)c1ccc(Cl)c(NCCC(=O)NCCc2cccc(Cl)c2)c1. The van der Waals surface area contributed by atoms with Gasteiger partial charge in [-0.3, -0.25) is 4.79 Å². The van der Waals surface area contributed by atoms with Crippen LogP contribution < -0.4 is 10.6 Å². The van der Waals surface area contributed by atoms with Crippen LogP contribution in [0.1, 0.15) is 22.3 Å². The molecule has 0 aliphatic rings. The third-order valence-electron chi connectivity index (χ3n) is 3.68. The van der Waals surface area contributed by atoms with Gasteiger partial charge in [0.1, 0.15) is 0 Å². The number of halogens is 2. The highest BCUT2D eigenvalue weighted by atomic mass is 35.5. The molecule has 1 amide bonds. The van der Waals surface area contributed by atoms with Crippen LogP contribution in [0.3, 0.4) is 0 Å². The van der Waals surface area contributed by atoms with Crippen LogP contribution in [0.4, 0.5) is 5.69 Å². The molecule has 138 valence electrons. The van der Waals surface area contributed by atoms with Crippen molar-refractivity contribution in [2.24, 2.45) is 0 Å². The van der Waals surface area contributed by atoms with Crippen molar-refractivity contribution < 1.29 is 14.3 Å². The Hall–Kier alpha value is -2.24. The van der Waals surface area contributed by atoms with Gasteiger partial charge in [-0.2, -0.15) is 0 Å². The molecule has 2 N–H and O–H groups in total. The molecule has 2 aromatic rings. The first kappa shape index (κ1) is 20.1. The number of ether oxygens (including phenoxy) is 1. The highest BCUT2D eigenvalue weighted by Crippen LogP contribution is 2.23. The molecule has 0 unspecified atom stereocenters. The average Bonchev–Trinajstić information content (AvgIpc) is 2.62. The van der Waals surface area contributed by atoms with Crippen LogP contribution >= 0.6 is 23.2 Å². The molecule has 0 fully saturated rings. The number of carbonyl (C=O) groups is 2. The minimum absolute atomic E-state index is 0.0697. The summed E-state index contributed by atoms with van der Waals surface area (Å²) in [4.78, 5) is 23.5. The van der Waals surface area contributed by atoms with Gasteiger partial charge < -0.3 is 15.4 Å². The van der Waals surface area contributed by atoms with Crippen LogP contribution in [0.25, 0.3) is 0 Å². The number of rotatable bonds is 8. The Morgan fingerprint density at radius 2 is 1.88 bits per heavy atom. The molecule has 26 heavy (non-hydrogen) atoms. The molecular formula is C19H20Cl2N2O3. The molecule has 2 rings (SSSR count). The lowest BCUT2D eigenvalue weighted by atomic mass is 10.1. The largest absolute Gasteiger partial charge is 0.465 e. The molecule has 5 nitrogen and oxygen atoms in total. The normalized spacial score (nSPS) is 10.3. The number of anilines is 1. The van der Waals surface area contributed by atoms with Crippen molar-refractivity contribution in [3.05, 3.63) is 63.6 Å². The fraction of sp³-hybridized carbons (Fsp3) is 0.263. The second-order valence-electron chi connectivity index (χ2n) is 5.59. The number of amides is 1. The fourth-order valence-electron chi connectivity index (χ4n) is 2.34. The maximum atomic E-state index is 11.9. The number of methoxy groups -OCH3 is 1. The smallest absolute Gasteiger partial charge is 0.337 e. The highest BCUT2D eigenvalue weighted by molar-refractivity contribution is 6.33. The van der Waals surface area contributed by atoms with E-state index in [1.165, 1.54) is 7.11 Å². The summed E-state index contributed by atoms with van der Waals surface area (Å²) < 4.78 is 4.68. The van der Waals surface area contributed by atoms with Crippen LogP contribution in [-0.2, 0) is 16.0 Å². The van der Waals surface area contributed by atoms with E-state index in [-0.39, 0.29) is 12.3 Å². The van der Waals surface area contributed by atoms with Crippen molar-refractivity contribution >= 4 is 40.8 Å². The monoisotopic (exact) mass is 394 g/mol. The fourth-order valence-corrected chi connectivity index (χ4v) is 2.74. The van der Waals surface area contributed by atoms with Gasteiger partial charge in [-0.1, -0.05) is 35.3 Å². The molecule has 0 spiro atoms. The topological polar surface area (TPSA) is 67.4 Å². The second kappa shape index (κ2) is 10.0. The summed E-state index contributed by atoms with van der Waals surface area (Å²) in [6, 6.07) is 12.3. The van der Waals surface area contributed by atoms with E-state index in [1.54, 1.807) is 18.2 Å². The summed E-state index contributed by atoms with van der Waals surface area (Å²) in [6.07, 6.45) is 1.00. The molecule has 2 aromatic carbocycles. The van der Waals surface area contributed by atoms with Crippen LogP contribution in [0.5, 0.6) is 0 Å². The van der Waals surface area contributed by atoms with Crippen LogP contribution in [0, 0.1) is 0 Å². The minimum Gasteiger partial charge on any atom is -0.465 e. The van der Waals surface area contributed by atoms with E-state index in [4.69, 9.17) is 23.2 Å². The van der Waals surface area contributed by atoms with Gasteiger partial charge in [0.2, 0.25) is 5.91 Å². The van der Waals surface area contributed by atoms with Gasteiger partial charge in [0, 0.05) is 24.5 Å². The van der Waals surface area contributed by atoms with Gasteiger partial charge in [-0.05, 0) is 42.3 Å². The molecule has 0 saturated heterocycles. The van der Waals surface area contributed by atoms with E-state index in [0.29, 0.717) is 40.8 Å². The Labute approximate surface area is 162 Å². The molecule has 0 aliphatic carbocycles. The summed E-state index contributed by atoms with van der Waals surface area (Å²) in [5.74, 6) is -0.511. The minimum atomic E-state index is -0.441. The number of nitrogens with one attached hydrogen (secondary N) is 2. The number of benzene rings is 2. The molecule has 0 aliphatic heterocycles. The first-order chi connectivity index (χ1) is 12.5. The van der Waals surface area contributed by atoms with Crippen molar-refractivity contribution in [2.75, 3.05) is 25.5 Å². The third-order valence-corrected chi connectivity index (χ3v) is 4.24. The van der Waals surface area contributed by atoms with E-state index in [0.717, 1.165) is 5.56 Å². The lowest BCUT2D eigenvalue weighted by Crippen LogP contribution is -2.27. The molecule has 0 heterocycles. The number of esters is 1. The quantitative estimate of drug-likeness (QED) is 0.665. The third kappa shape index (κ3) is 6.24. The zero-order chi connectivity index (χ0) is 18.9. The van der Waals surface area contributed by atoms with Gasteiger partial charge in [-0.25, -0.2) is 4.79 Å². The molecule has 7 heteroatoms. The van der Waals surface area contributed by atoms with Crippen molar-refractivity contribution in [1.82, 2.24) is 5.32 Å². The van der Waals surface area contributed by atoms with Gasteiger partial charge >= 0.3 is 5.97 Å². The summed E-state index contributed by atoms with van der Waals surface area (Å²) in [6.45, 7) is 0.936. The molecule has 0 radical (unpaired) electrons. The van der Waals surface area contributed by atoms with Gasteiger partial charge in [0.05, 0.1) is 23.4 Å². The summed E-state index contributed by atoms with van der Waals surface area (Å²) in [5, 5.41) is 7.08.